The van der Waals surface area contributed by atoms with Crippen molar-refractivity contribution in [3.63, 3.8) is 0 Å². The summed E-state index contributed by atoms with van der Waals surface area (Å²) in [6, 6.07) is 8.91. The van der Waals surface area contributed by atoms with Crippen LogP contribution in [0.5, 0.6) is 0 Å². The molecule has 1 atom stereocenters. The highest BCUT2D eigenvalue weighted by atomic mass is 79.9. The fourth-order valence-electron chi connectivity index (χ4n) is 2.59. The molecule has 0 bridgehead atoms. The van der Waals surface area contributed by atoms with Gasteiger partial charge in [-0.3, -0.25) is 0 Å². The molecule has 0 fully saturated rings. The molecule has 0 saturated carbocycles. The summed E-state index contributed by atoms with van der Waals surface area (Å²) in [4.78, 5) is 4.15. The predicted octanol–water partition coefficient (Wildman–Crippen LogP) is 5.23. The van der Waals surface area contributed by atoms with Crippen molar-refractivity contribution in [2.45, 2.75) is 25.3 Å². The van der Waals surface area contributed by atoms with E-state index in [1.807, 2.05) is 6.07 Å². The lowest BCUT2D eigenvalue weighted by Crippen LogP contribution is -2.27. The van der Waals surface area contributed by atoms with Gasteiger partial charge in [-0.25, -0.2) is 4.98 Å². The first-order chi connectivity index (χ1) is 9.61. The van der Waals surface area contributed by atoms with Gasteiger partial charge < -0.3 is 5.32 Å². The Hall–Kier alpha value is -0.580. The van der Waals surface area contributed by atoms with E-state index in [0.29, 0.717) is 11.2 Å². The summed E-state index contributed by atoms with van der Waals surface area (Å²) in [7, 11) is 0. The smallest absolute Gasteiger partial charge is 0.152 e. The van der Waals surface area contributed by atoms with Crippen LogP contribution in [0.4, 0.5) is 5.69 Å². The van der Waals surface area contributed by atoms with Crippen LogP contribution in [0.2, 0.25) is 5.15 Å². The molecule has 20 heavy (non-hydrogen) atoms. The number of nitrogens with zero attached hydrogens (tertiary/aromatic N) is 1. The van der Waals surface area contributed by atoms with Crippen molar-refractivity contribution in [1.82, 2.24) is 4.98 Å². The molecule has 2 aromatic rings. The van der Waals surface area contributed by atoms with Crippen molar-refractivity contribution < 1.29 is 0 Å². The van der Waals surface area contributed by atoms with Gasteiger partial charge >= 0.3 is 0 Å². The topological polar surface area (TPSA) is 24.9 Å². The molecule has 2 nitrogen and oxygen atoms in total. The molecule has 0 aliphatic heterocycles. The van der Waals surface area contributed by atoms with Crippen molar-refractivity contribution in [2.75, 3.05) is 5.32 Å². The van der Waals surface area contributed by atoms with Crippen LogP contribution in [0, 0.1) is 0 Å². The van der Waals surface area contributed by atoms with E-state index in [0.717, 1.165) is 33.9 Å². The standard InChI is InChI=1S/C15H13Br2ClN2/c16-11-3-1-10-6-13(4-2-9(10)5-11)20-14-7-12(17)8-19-15(14)18/h1,3,5,7-8,13,20H,2,4,6H2. The predicted molar refractivity (Wildman–Crippen MR) is 90.5 cm³/mol. The average Bonchev–Trinajstić information content (AvgIpc) is 2.43. The number of anilines is 1. The van der Waals surface area contributed by atoms with Gasteiger partial charge in [-0.15, -0.1) is 0 Å². The molecule has 1 heterocycles. The SMILES string of the molecule is Clc1ncc(Br)cc1NC1CCc2cc(Br)ccc2C1. The van der Waals surface area contributed by atoms with Crippen molar-refractivity contribution in [3.05, 3.63) is 55.7 Å². The maximum absolute atomic E-state index is 6.14. The number of halogens is 3. The Labute approximate surface area is 140 Å². The number of benzene rings is 1. The second-order valence-corrected chi connectivity index (χ2v) is 7.18. The Balaban J connectivity index is 1.77. The van der Waals surface area contributed by atoms with Crippen molar-refractivity contribution in [1.29, 1.82) is 0 Å². The summed E-state index contributed by atoms with van der Waals surface area (Å²) in [5, 5.41) is 4.03. The number of pyridine rings is 1. The summed E-state index contributed by atoms with van der Waals surface area (Å²) in [6.07, 6.45) is 4.92. The number of fused-ring (bicyclic) bond motifs is 1. The van der Waals surface area contributed by atoms with Gasteiger partial charge in [0, 0.05) is 21.2 Å². The van der Waals surface area contributed by atoms with E-state index in [4.69, 9.17) is 11.6 Å². The van der Waals surface area contributed by atoms with Crippen LogP contribution in [0.25, 0.3) is 0 Å². The molecule has 3 rings (SSSR count). The zero-order chi connectivity index (χ0) is 14.1. The Morgan fingerprint density at radius 1 is 1.15 bits per heavy atom. The first-order valence-electron chi connectivity index (χ1n) is 6.47. The Morgan fingerprint density at radius 3 is 2.85 bits per heavy atom. The minimum Gasteiger partial charge on any atom is -0.379 e. The van der Waals surface area contributed by atoms with Gasteiger partial charge in [0.15, 0.2) is 5.15 Å². The summed E-state index contributed by atoms with van der Waals surface area (Å²) >= 11 is 13.1. The van der Waals surface area contributed by atoms with Gasteiger partial charge in [0.2, 0.25) is 0 Å². The molecule has 1 aliphatic rings. The van der Waals surface area contributed by atoms with Crippen LogP contribution in [-0.2, 0) is 12.8 Å². The average molecular weight is 417 g/mol. The molecule has 0 spiro atoms. The van der Waals surface area contributed by atoms with Gasteiger partial charge in [0.05, 0.1) is 5.69 Å². The fourth-order valence-corrected chi connectivity index (χ4v) is 3.49. The van der Waals surface area contributed by atoms with Crippen molar-refractivity contribution >= 4 is 49.1 Å². The summed E-state index contributed by atoms with van der Waals surface area (Å²) < 4.78 is 2.09. The van der Waals surface area contributed by atoms with Gasteiger partial charge in [-0.2, -0.15) is 0 Å². The second-order valence-electron chi connectivity index (χ2n) is 4.99. The number of rotatable bonds is 2. The Kier molecular flexibility index (Phi) is 4.34. The lowest BCUT2D eigenvalue weighted by Gasteiger charge is -2.26. The van der Waals surface area contributed by atoms with Crippen LogP contribution in [0.3, 0.4) is 0 Å². The van der Waals surface area contributed by atoms with E-state index in [-0.39, 0.29) is 0 Å². The fraction of sp³-hybridized carbons (Fsp3) is 0.267. The summed E-state index contributed by atoms with van der Waals surface area (Å²) in [5.74, 6) is 0. The van der Waals surface area contributed by atoms with Crippen molar-refractivity contribution in [3.8, 4) is 0 Å². The largest absolute Gasteiger partial charge is 0.379 e. The number of hydrogen-bond acceptors (Lipinski definition) is 2. The lowest BCUT2D eigenvalue weighted by atomic mass is 9.88. The maximum atomic E-state index is 6.14. The third-order valence-corrected chi connectivity index (χ3v) is 4.79. The molecular weight excluding hydrogens is 403 g/mol. The molecule has 1 aromatic carbocycles. The zero-order valence-electron chi connectivity index (χ0n) is 10.7. The molecule has 0 amide bonds. The van der Waals surface area contributed by atoms with Crippen LogP contribution in [0.15, 0.2) is 39.4 Å². The van der Waals surface area contributed by atoms with E-state index in [1.54, 1.807) is 6.20 Å². The molecule has 0 radical (unpaired) electrons. The summed E-state index contributed by atoms with van der Waals surface area (Å²) in [6.45, 7) is 0. The highest BCUT2D eigenvalue weighted by molar-refractivity contribution is 9.10. The van der Waals surface area contributed by atoms with Gasteiger partial charge in [0.1, 0.15) is 0 Å². The van der Waals surface area contributed by atoms with E-state index < -0.39 is 0 Å². The van der Waals surface area contributed by atoms with Crippen LogP contribution in [0.1, 0.15) is 17.5 Å². The van der Waals surface area contributed by atoms with Gasteiger partial charge in [-0.1, -0.05) is 33.6 Å². The van der Waals surface area contributed by atoms with Crippen LogP contribution in [-0.4, -0.2) is 11.0 Å². The summed E-state index contributed by atoms with van der Waals surface area (Å²) in [5.41, 5.74) is 3.75. The minimum absolute atomic E-state index is 0.400. The number of aryl methyl sites for hydroxylation is 1. The Morgan fingerprint density at radius 2 is 2.00 bits per heavy atom. The minimum atomic E-state index is 0.400. The van der Waals surface area contributed by atoms with E-state index in [2.05, 4.69) is 60.4 Å². The Bertz CT molecular complexity index is 646. The van der Waals surface area contributed by atoms with Crippen LogP contribution < -0.4 is 5.32 Å². The molecular formula is C15H13Br2ClN2. The van der Waals surface area contributed by atoms with Crippen molar-refractivity contribution in [2.24, 2.45) is 0 Å². The normalized spacial score (nSPS) is 17.6. The quantitative estimate of drug-likeness (QED) is 0.678. The number of nitrogens with one attached hydrogen (secondary N) is 1. The van der Waals surface area contributed by atoms with Gasteiger partial charge in [-0.05, 0) is 64.5 Å². The highest BCUT2D eigenvalue weighted by Crippen LogP contribution is 2.29. The number of hydrogen-bond donors (Lipinski definition) is 1. The third-order valence-electron chi connectivity index (χ3n) is 3.56. The third kappa shape index (κ3) is 3.18. The molecule has 1 aromatic heterocycles. The van der Waals surface area contributed by atoms with Gasteiger partial charge in [0.25, 0.3) is 0 Å². The lowest BCUT2D eigenvalue weighted by molar-refractivity contribution is 0.610. The molecule has 1 unspecified atom stereocenters. The molecule has 0 saturated heterocycles. The second kappa shape index (κ2) is 6.04. The maximum Gasteiger partial charge on any atom is 0.152 e. The first kappa shape index (κ1) is 14.4. The molecule has 1 N–H and O–H groups in total. The van der Waals surface area contributed by atoms with E-state index in [1.165, 1.54) is 11.1 Å². The molecule has 1 aliphatic carbocycles. The first-order valence-corrected chi connectivity index (χ1v) is 8.43. The van der Waals surface area contributed by atoms with E-state index in [9.17, 15) is 0 Å². The highest BCUT2D eigenvalue weighted by Gasteiger charge is 2.19. The molecule has 104 valence electrons. The zero-order valence-corrected chi connectivity index (χ0v) is 14.6. The molecule has 5 heteroatoms. The van der Waals surface area contributed by atoms with Crippen LogP contribution >= 0.6 is 43.5 Å². The van der Waals surface area contributed by atoms with E-state index >= 15 is 0 Å². The monoisotopic (exact) mass is 414 g/mol. The number of aromatic nitrogens is 1.